The summed E-state index contributed by atoms with van der Waals surface area (Å²) in [5, 5.41) is 15.6. The Morgan fingerprint density at radius 3 is 2.81 bits per heavy atom. The highest BCUT2D eigenvalue weighted by atomic mass is 35.5. The van der Waals surface area contributed by atoms with Gasteiger partial charge in [0.1, 0.15) is 6.07 Å². The van der Waals surface area contributed by atoms with Crippen molar-refractivity contribution in [2.24, 2.45) is 5.92 Å². The molecule has 1 amide bonds. The molecule has 0 unspecified atom stereocenters. The van der Waals surface area contributed by atoms with Gasteiger partial charge in [-0.1, -0.05) is 37.6 Å². The van der Waals surface area contributed by atoms with Crippen molar-refractivity contribution in [3.05, 3.63) is 58.1 Å². The molecule has 1 heterocycles. The monoisotopic (exact) mass is 382 g/mol. The molecule has 140 valence electrons. The van der Waals surface area contributed by atoms with Crippen LogP contribution in [0.5, 0.6) is 0 Å². The lowest BCUT2D eigenvalue weighted by atomic mass is 10.1. The number of hydrogen-bond acceptors (Lipinski definition) is 4. The topological polar surface area (TPSA) is 68.2 Å². The van der Waals surface area contributed by atoms with Gasteiger partial charge in [0.25, 0.3) is 0 Å². The van der Waals surface area contributed by atoms with E-state index in [1.807, 2.05) is 12.1 Å². The average molecular weight is 383 g/mol. The molecular weight excluding hydrogens is 360 g/mol. The van der Waals surface area contributed by atoms with Crippen LogP contribution in [0.15, 0.2) is 36.4 Å². The van der Waals surface area contributed by atoms with Gasteiger partial charge in [0.05, 0.1) is 17.8 Å². The van der Waals surface area contributed by atoms with E-state index in [4.69, 9.17) is 16.9 Å². The molecule has 2 N–H and O–H groups in total. The lowest BCUT2D eigenvalue weighted by Gasteiger charge is -2.17. The van der Waals surface area contributed by atoms with E-state index in [2.05, 4.69) is 41.5 Å². The van der Waals surface area contributed by atoms with Crippen molar-refractivity contribution < 1.29 is 4.79 Å². The van der Waals surface area contributed by atoms with Crippen LogP contribution >= 0.6 is 11.6 Å². The standard InChI is InChI=1S/C21H23ClN4O/c1-14(2)11-26-12-16-4-3-5-19(18(16)13-26)24-10-21(27)25-20-8-17(22)7-6-15(20)9-23/h3-8,14,24H,10-13H2,1-2H3,(H,25,27). The first-order valence-electron chi connectivity index (χ1n) is 9.02. The molecule has 1 aliphatic rings. The number of anilines is 2. The second-order valence-corrected chi connectivity index (χ2v) is 7.65. The van der Waals surface area contributed by atoms with Crippen LogP contribution in [0.1, 0.15) is 30.5 Å². The first-order valence-corrected chi connectivity index (χ1v) is 9.40. The molecular formula is C21H23ClN4O. The van der Waals surface area contributed by atoms with E-state index >= 15 is 0 Å². The maximum Gasteiger partial charge on any atom is 0.243 e. The van der Waals surface area contributed by atoms with Gasteiger partial charge in [0.2, 0.25) is 5.91 Å². The molecule has 1 aliphatic heterocycles. The maximum atomic E-state index is 12.3. The minimum Gasteiger partial charge on any atom is -0.376 e. The summed E-state index contributed by atoms with van der Waals surface area (Å²) >= 11 is 5.96. The molecule has 27 heavy (non-hydrogen) atoms. The Balaban J connectivity index is 1.64. The van der Waals surface area contributed by atoms with Crippen LogP contribution in [0.4, 0.5) is 11.4 Å². The molecule has 0 bridgehead atoms. The fourth-order valence-electron chi connectivity index (χ4n) is 3.39. The summed E-state index contributed by atoms with van der Waals surface area (Å²) in [5.74, 6) is 0.400. The number of fused-ring (bicyclic) bond motifs is 1. The SMILES string of the molecule is CC(C)CN1Cc2cccc(NCC(=O)Nc3cc(Cl)ccc3C#N)c2C1. The Kier molecular flexibility index (Phi) is 6.00. The summed E-state index contributed by atoms with van der Waals surface area (Å²) in [7, 11) is 0. The summed E-state index contributed by atoms with van der Waals surface area (Å²) in [6.45, 7) is 7.46. The average Bonchev–Trinajstić information content (AvgIpc) is 3.02. The van der Waals surface area contributed by atoms with Gasteiger partial charge in [0.15, 0.2) is 0 Å². The normalized spacial score (nSPS) is 13.3. The van der Waals surface area contributed by atoms with Crippen molar-refractivity contribution in [3.8, 4) is 6.07 Å². The van der Waals surface area contributed by atoms with E-state index in [0.29, 0.717) is 22.2 Å². The molecule has 0 atom stereocenters. The summed E-state index contributed by atoms with van der Waals surface area (Å²) in [5.41, 5.74) is 4.37. The third kappa shape index (κ3) is 4.79. The van der Waals surface area contributed by atoms with E-state index in [-0.39, 0.29) is 12.5 Å². The van der Waals surface area contributed by atoms with E-state index in [0.717, 1.165) is 25.3 Å². The van der Waals surface area contributed by atoms with Crippen LogP contribution in [-0.2, 0) is 17.9 Å². The molecule has 0 saturated carbocycles. The van der Waals surface area contributed by atoms with E-state index in [1.54, 1.807) is 18.2 Å². The maximum absolute atomic E-state index is 12.3. The molecule has 6 heteroatoms. The van der Waals surface area contributed by atoms with Gasteiger partial charge in [-0.05, 0) is 41.3 Å². The first kappa shape index (κ1) is 19.2. The number of halogens is 1. The number of amides is 1. The third-order valence-corrected chi connectivity index (χ3v) is 4.72. The minimum absolute atomic E-state index is 0.123. The Hall–Kier alpha value is -2.55. The lowest BCUT2D eigenvalue weighted by Crippen LogP contribution is -2.23. The highest BCUT2D eigenvalue weighted by molar-refractivity contribution is 6.31. The van der Waals surface area contributed by atoms with Gasteiger partial charge >= 0.3 is 0 Å². The Morgan fingerprint density at radius 2 is 2.07 bits per heavy atom. The van der Waals surface area contributed by atoms with Gasteiger partial charge in [-0.3, -0.25) is 9.69 Å². The molecule has 3 rings (SSSR count). The van der Waals surface area contributed by atoms with Crippen molar-refractivity contribution >= 4 is 28.9 Å². The number of nitrogens with one attached hydrogen (secondary N) is 2. The van der Waals surface area contributed by atoms with Crippen molar-refractivity contribution in [2.75, 3.05) is 23.7 Å². The number of nitriles is 1. The summed E-state index contributed by atoms with van der Waals surface area (Å²) < 4.78 is 0. The number of rotatable bonds is 6. The molecule has 0 aromatic heterocycles. The third-order valence-electron chi connectivity index (χ3n) is 4.49. The largest absolute Gasteiger partial charge is 0.376 e. The summed E-state index contributed by atoms with van der Waals surface area (Å²) in [6.07, 6.45) is 0. The van der Waals surface area contributed by atoms with Crippen molar-refractivity contribution in [3.63, 3.8) is 0 Å². The molecule has 2 aromatic rings. The predicted molar refractivity (Wildman–Crippen MR) is 109 cm³/mol. The number of benzene rings is 2. The van der Waals surface area contributed by atoms with Crippen LogP contribution in [0.25, 0.3) is 0 Å². The van der Waals surface area contributed by atoms with Gasteiger partial charge in [-0.25, -0.2) is 0 Å². The second-order valence-electron chi connectivity index (χ2n) is 7.21. The van der Waals surface area contributed by atoms with Crippen molar-refractivity contribution in [1.82, 2.24) is 4.90 Å². The Bertz CT molecular complexity index is 888. The minimum atomic E-state index is -0.219. The zero-order valence-electron chi connectivity index (χ0n) is 15.6. The Labute approximate surface area is 164 Å². The Morgan fingerprint density at radius 1 is 1.26 bits per heavy atom. The van der Waals surface area contributed by atoms with Crippen molar-refractivity contribution in [2.45, 2.75) is 26.9 Å². The van der Waals surface area contributed by atoms with Crippen LogP contribution < -0.4 is 10.6 Å². The summed E-state index contributed by atoms with van der Waals surface area (Å²) in [6, 6.07) is 13.0. The van der Waals surface area contributed by atoms with Crippen LogP contribution in [0.3, 0.4) is 0 Å². The molecule has 2 aromatic carbocycles. The highest BCUT2D eigenvalue weighted by Gasteiger charge is 2.22. The summed E-state index contributed by atoms with van der Waals surface area (Å²) in [4.78, 5) is 14.8. The molecule has 0 aliphatic carbocycles. The van der Waals surface area contributed by atoms with E-state index in [1.165, 1.54) is 11.1 Å². The van der Waals surface area contributed by atoms with Crippen molar-refractivity contribution in [1.29, 1.82) is 5.26 Å². The fraction of sp³-hybridized carbons (Fsp3) is 0.333. The fourth-order valence-corrected chi connectivity index (χ4v) is 3.56. The molecule has 0 saturated heterocycles. The zero-order valence-corrected chi connectivity index (χ0v) is 16.3. The van der Waals surface area contributed by atoms with Gasteiger partial charge in [-0.2, -0.15) is 5.26 Å². The first-order chi connectivity index (χ1) is 13.0. The molecule has 5 nitrogen and oxygen atoms in total. The highest BCUT2D eigenvalue weighted by Crippen LogP contribution is 2.29. The number of carbonyl (C=O) groups excluding carboxylic acids is 1. The zero-order chi connectivity index (χ0) is 19.4. The van der Waals surface area contributed by atoms with Crippen LogP contribution in [-0.4, -0.2) is 23.9 Å². The lowest BCUT2D eigenvalue weighted by molar-refractivity contribution is -0.114. The van der Waals surface area contributed by atoms with Gasteiger partial charge in [-0.15, -0.1) is 0 Å². The number of carbonyl (C=O) groups is 1. The second kappa shape index (κ2) is 8.43. The van der Waals surface area contributed by atoms with Gasteiger partial charge in [0, 0.05) is 30.3 Å². The van der Waals surface area contributed by atoms with E-state index < -0.39 is 0 Å². The number of hydrogen-bond donors (Lipinski definition) is 2. The van der Waals surface area contributed by atoms with Crippen LogP contribution in [0.2, 0.25) is 5.02 Å². The number of nitrogens with zero attached hydrogens (tertiary/aromatic N) is 2. The smallest absolute Gasteiger partial charge is 0.243 e. The molecule has 0 radical (unpaired) electrons. The molecule has 0 spiro atoms. The van der Waals surface area contributed by atoms with Crippen LogP contribution in [0, 0.1) is 17.2 Å². The van der Waals surface area contributed by atoms with Gasteiger partial charge < -0.3 is 10.6 Å². The molecule has 0 fully saturated rings. The predicted octanol–water partition coefficient (Wildman–Crippen LogP) is 4.23. The van der Waals surface area contributed by atoms with E-state index in [9.17, 15) is 4.79 Å². The quantitative estimate of drug-likeness (QED) is 0.784.